The van der Waals surface area contributed by atoms with Gasteiger partial charge in [-0.2, -0.15) is 0 Å². The molecule has 226 valence electrons. The Hall–Kier alpha value is -4.70. The molecule has 0 saturated heterocycles. The van der Waals surface area contributed by atoms with Gasteiger partial charge in [-0.3, -0.25) is 0 Å². The maximum Gasteiger partial charge on any atom is 0.118 e. The Bertz CT molecular complexity index is 1530. The van der Waals surface area contributed by atoms with E-state index >= 15 is 0 Å². The van der Waals surface area contributed by atoms with Crippen LogP contribution in [0.4, 0.5) is 0 Å². The molecule has 0 radical (unpaired) electrons. The van der Waals surface area contributed by atoms with Crippen LogP contribution in [0.5, 0.6) is 23.0 Å². The second-order valence-corrected chi connectivity index (χ2v) is 11.5. The summed E-state index contributed by atoms with van der Waals surface area (Å²) < 4.78 is 0. The minimum Gasteiger partial charge on any atom is -0.508 e. The molecule has 0 amide bonds. The molecule has 0 bridgehead atoms. The molecule has 4 heteroatoms. The van der Waals surface area contributed by atoms with Crippen molar-refractivity contribution in [1.82, 2.24) is 0 Å². The molecule has 4 N–H and O–H groups in total. The quantitative estimate of drug-likeness (QED) is 0.123. The van der Waals surface area contributed by atoms with Gasteiger partial charge in [0.05, 0.1) is 0 Å². The summed E-state index contributed by atoms with van der Waals surface area (Å²) in [5.74, 6) is 0.774. The molecule has 44 heavy (non-hydrogen) atoms. The Balaban J connectivity index is 1.82. The lowest BCUT2D eigenvalue weighted by Crippen LogP contribution is -2.13. The summed E-state index contributed by atoms with van der Waals surface area (Å²) in [4.78, 5) is 0. The van der Waals surface area contributed by atoms with Crippen LogP contribution in [0.1, 0.15) is 95.2 Å². The molecule has 0 spiro atoms. The number of hydrogen-bond acceptors (Lipinski definition) is 4. The summed E-state index contributed by atoms with van der Waals surface area (Å²) in [5, 5.41) is 42.3. The van der Waals surface area contributed by atoms with Crippen LogP contribution in [-0.4, -0.2) is 20.4 Å². The Kier molecular flexibility index (Phi) is 9.29. The van der Waals surface area contributed by atoms with Gasteiger partial charge in [-0.25, -0.2) is 0 Å². The van der Waals surface area contributed by atoms with Crippen LogP contribution in [-0.2, 0) is 25.7 Å². The van der Waals surface area contributed by atoms with Crippen molar-refractivity contribution >= 4 is 0 Å². The molecule has 5 aromatic carbocycles. The Morgan fingerprint density at radius 1 is 0.386 bits per heavy atom. The third kappa shape index (κ3) is 6.03. The van der Waals surface area contributed by atoms with E-state index in [1.807, 2.05) is 52.0 Å². The van der Waals surface area contributed by atoms with Gasteiger partial charge in [0.1, 0.15) is 23.0 Å². The fourth-order valence-corrected chi connectivity index (χ4v) is 6.41. The minimum atomic E-state index is -0.184. The van der Waals surface area contributed by atoms with Crippen LogP contribution >= 0.6 is 0 Å². The number of benzene rings is 5. The lowest BCUT2D eigenvalue weighted by atomic mass is 9.75. The van der Waals surface area contributed by atoms with Gasteiger partial charge in [-0.1, -0.05) is 100 Å². The third-order valence-electron chi connectivity index (χ3n) is 8.89. The maximum atomic E-state index is 10.6. The SMILES string of the molecule is CCc1cc(C(c2ccc(O)c(CC)c2)c2ccccc2C(c2ccc(O)c(CC)c2)c2ccc(O)c(CC)c2)ccc1O. The van der Waals surface area contributed by atoms with Crippen molar-refractivity contribution in [2.75, 3.05) is 0 Å². The van der Waals surface area contributed by atoms with Crippen molar-refractivity contribution < 1.29 is 20.4 Å². The molecule has 0 unspecified atom stereocenters. The van der Waals surface area contributed by atoms with Gasteiger partial charge >= 0.3 is 0 Å². The number of rotatable bonds is 10. The van der Waals surface area contributed by atoms with E-state index in [1.54, 1.807) is 24.3 Å². The van der Waals surface area contributed by atoms with Gasteiger partial charge < -0.3 is 20.4 Å². The maximum absolute atomic E-state index is 10.6. The number of hydrogen-bond donors (Lipinski definition) is 4. The topological polar surface area (TPSA) is 80.9 Å². The molecule has 5 aromatic rings. The van der Waals surface area contributed by atoms with Crippen molar-refractivity contribution in [1.29, 1.82) is 0 Å². The first kappa shape index (κ1) is 30.7. The van der Waals surface area contributed by atoms with Crippen molar-refractivity contribution in [3.05, 3.63) is 153 Å². The molecule has 0 aromatic heterocycles. The van der Waals surface area contributed by atoms with Crippen LogP contribution < -0.4 is 0 Å². The zero-order valence-corrected chi connectivity index (χ0v) is 26.0. The van der Waals surface area contributed by atoms with Crippen LogP contribution in [0.3, 0.4) is 0 Å². The molecule has 4 nitrogen and oxygen atoms in total. The normalized spacial score (nSPS) is 11.4. The summed E-state index contributed by atoms with van der Waals surface area (Å²) in [6.07, 6.45) is 2.81. The summed E-state index contributed by atoms with van der Waals surface area (Å²) in [7, 11) is 0. The number of aryl methyl sites for hydroxylation is 4. The Morgan fingerprint density at radius 3 is 0.864 bits per heavy atom. The first-order valence-electron chi connectivity index (χ1n) is 15.6. The lowest BCUT2D eigenvalue weighted by molar-refractivity contribution is 0.467. The molecule has 0 heterocycles. The summed E-state index contributed by atoms with van der Waals surface area (Å²) in [5.41, 5.74) is 9.96. The molecule has 0 aliphatic heterocycles. The monoisotopic (exact) mass is 586 g/mol. The predicted octanol–water partition coefficient (Wildman–Crippen LogP) is 9.12. The van der Waals surface area contributed by atoms with Crippen LogP contribution in [0, 0.1) is 0 Å². The summed E-state index contributed by atoms with van der Waals surface area (Å²) in [6.45, 7) is 8.17. The molecule has 0 aliphatic carbocycles. The van der Waals surface area contributed by atoms with E-state index in [0.29, 0.717) is 25.7 Å². The van der Waals surface area contributed by atoms with Crippen LogP contribution in [0.15, 0.2) is 97.1 Å². The van der Waals surface area contributed by atoms with E-state index < -0.39 is 0 Å². The number of phenols is 4. The highest BCUT2D eigenvalue weighted by Gasteiger charge is 2.27. The number of phenolic OH excluding ortho intramolecular Hbond substituents is 4. The van der Waals surface area contributed by atoms with E-state index in [2.05, 4.69) is 48.5 Å². The average molecular weight is 587 g/mol. The molecule has 0 atom stereocenters. The van der Waals surface area contributed by atoms with Gasteiger partial charge in [0.2, 0.25) is 0 Å². The summed E-state index contributed by atoms with van der Waals surface area (Å²) in [6, 6.07) is 31.9. The van der Waals surface area contributed by atoms with Gasteiger partial charge in [0, 0.05) is 11.8 Å². The smallest absolute Gasteiger partial charge is 0.118 e. The van der Waals surface area contributed by atoms with Crippen molar-refractivity contribution in [3.8, 4) is 23.0 Å². The first-order valence-corrected chi connectivity index (χ1v) is 15.6. The van der Waals surface area contributed by atoms with Crippen molar-refractivity contribution in [2.45, 2.75) is 65.2 Å². The lowest BCUT2D eigenvalue weighted by Gasteiger charge is -2.28. The van der Waals surface area contributed by atoms with E-state index in [0.717, 1.165) is 55.6 Å². The van der Waals surface area contributed by atoms with Crippen molar-refractivity contribution in [3.63, 3.8) is 0 Å². The number of aromatic hydroxyl groups is 4. The van der Waals surface area contributed by atoms with Gasteiger partial charge in [0.15, 0.2) is 0 Å². The van der Waals surface area contributed by atoms with Gasteiger partial charge in [-0.05, 0) is 106 Å². The van der Waals surface area contributed by atoms with Crippen molar-refractivity contribution in [2.24, 2.45) is 0 Å². The van der Waals surface area contributed by atoms with Gasteiger partial charge in [0.25, 0.3) is 0 Å². The molecular weight excluding hydrogens is 544 g/mol. The molecule has 0 fully saturated rings. The van der Waals surface area contributed by atoms with E-state index in [1.165, 1.54) is 0 Å². The molecule has 5 rings (SSSR count). The predicted molar refractivity (Wildman–Crippen MR) is 178 cm³/mol. The van der Waals surface area contributed by atoms with Crippen LogP contribution in [0.2, 0.25) is 0 Å². The largest absolute Gasteiger partial charge is 0.508 e. The average Bonchev–Trinajstić information content (AvgIpc) is 3.04. The van der Waals surface area contributed by atoms with Gasteiger partial charge in [-0.15, -0.1) is 0 Å². The second-order valence-electron chi connectivity index (χ2n) is 11.5. The summed E-state index contributed by atoms with van der Waals surface area (Å²) >= 11 is 0. The fraction of sp³-hybridized carbons (Fsp3) is 0.250. The van der Waals surface area contributed by atoms with E-state index in [-0.39, 0.29) is 34.8 Å². The third-order valence-corrected chi connectivity index (χ3v) is 8.89. The Labute approximate surface area is 260 Å². The highest BCUT2D eigenvalue weighted by atomic mass is 16.3. The highest BCUT2D eigenvalue weighted by Crippen LogP contribution is 2.44. The van der Waals surface area contributed by atoms with Crippen LogP contribution in [0.25, 0.3) is 0 Å². The zero-order chi connectivity index (χ0) is 31.4. The standard InChI is InChI=1S/C40H42O4/c1-5-25-21-29(13-17-35(25)41)39(30-14-18-36(42)26(6-2)22-30)33-11-9-10-12-34(33)40(31-15-19-37(43)27(7-3)23-31)32-16-20-38(44)28(8-4)24-32/h9-24,39-44H,5-8H2,1-4H3. The molecule has 0 aliphatic rings. The first-order chi connectivity index (χ1) is 21.3. The Morgan fingerprint density at radius 2 is 0.636 bits per heavy atom. The zero-order valence-electron chi connectivity index (χ0n) is 26.0. The highest BCUT2D eigenvalue weighted by molar-refractivity contribution is 5.57. The van der Waals surface area contributed by atoms with E-state index in [4.69, 9.17) is 0 Å². The molecule has 0 saturated carbocycles. The van der Waals surface area contributed by atoms with E-state index in [9.17, 15) is 20.4 Å². The second kappa shape index (κ2) is 13.3. The fourth-order valence-electron chi connectivity index (χ4n) is 6.41. The minimum absolute atomic E-state index is 0.184. The molecular formula is C40H42O4.